The molecule has 0 aromatic carbocycles. The molecule has 0 fully saturated rings. The van der Waals surface area contributed by atoms with Crippen LogP contribution in [0.2, 0.25) is 0 Å². The van der Waals surface area contributed by atoms with Crippen molar-refractivity contribution in [3.8, 4) is 0 Å². The molecule has 0 aromatic rings. The maximum atomic E-state index is 11.2. The van der Waals surface area contributed by atoms with E-state index >= 15 is 0 Å². The highest BCUT2D eigenvalue weighted by Gasteiger charge is 2.27. The number of nitrogens with two attached hydrogens (primary N) is 1. The molecular formula is C14H30N2O2. The van der Waals surface area contributed by atoms with Gasteiger partial charge < -0.3 is 15.8 Å². The summed E-state index contributed by atoms with van der Waals surface area (Å²) in [5, 5.41) is 2.99. The summed E-state index contributed by atoms with van der Waals surface area (Å²) in [4.78, 5) is 11.2. The van der Waals surface area contributed by atoms with Crippen LogP contribution in [-0.4, -0.2) is 31.7 Å². The Morgan fingerprint density at radius 2 is 1.78 bits per heavy atom. The highest BCUT2D eigenvalue weighted by atomic mass is 16.5. The van der Waals surface area contributed by atoms with Gasteiger partial charge in [0.15, 0.2) is 0 Å². The van der Waals surface area contributed by atoms with Crippen LogP contribution in [0.5, 0.6) is 0 Å². The fraction of sp³-hybridized carbons (Fsp3) is 0.929. The Balaban J connectivity index is 3.42. The van der Waals surface area contributed by atoms with Crippen LogP contribution in [0.25, 0.3) is 0 Å². The van der Waals surface area contributed by atoms with Gasteiger partial charge in [-0.25, -0.2) is 0 Å². The van der Waals surface area contributed by atoms with Gasteiger partial charge in [0.2, 0.25) is 5.91 Å². The van der Waals surface area contributed by atoms with Gasteiger partial charge in [0.1, 0.15) is 0 Å². The number of carbonyl (C=O) groups is 1. The smallest absolute Gasteiger partial charge is 0.237 e. The van der Waals surface area contributed by atoms with Gasteiger partial charge in [-0.2, -0.15) is 0 Å². The van der Waals surface area contributed by atoms with E-state index in [1.54, 1.807) is 7.05 Å². The van der Waals surface area contributed by atoms with Gasteiger partial charge in [-0.05, 0) is 39.7 Å². The molecule has 0 aliphatic rings. The van der Waals surface area contributed by atoms with Crippen molar-refractivity contribution in [2.75, 3.05) is 20.3 Å². The van der Waals surface area contributed by atoms with Crippen LogP contribution in [-0.2, 0) is 9.53 Å². The highest BCUT2D eigenvalue weighted by Crippen LogP contribution is 2.12. The molecule has 0 rings (SSSR count). The molecule has 0 aliphatic heterocycles. The topological polar surface area (TPSA) is 64.3 Å². The average Bonchev–Trinajstić information content (AvgIpc) is 2.36. The summed E-state index contributed by atoms with van der Waals surface area (Å²) in [6, 6.07) is 0. The van der Waals surface area contributed by atoms with E-state index in [0.717, 1.165) is 38.9 Å². The summed E-state index contributed by atoms with van der Waals surface area (Å²) in [6.45, 7) is 5.70. The number of hydrogen-bond donors (Lipinski definition) is 2. The fourth-order valence-electron chi connectivity index (χ4n) is 1.79. The van der Waals surface area contributed by atoms with Crippen molar-refractivity contribution in [1.29, 1.82) is 0 Å². The third kappa shape index (κ3) is 7.67. The van der Waals surface area contributed by atoms with E-state index in [-0.39, 0.29) is 5.91 Å². The third-order valence-corrected chi connectivity index (χ3v) is 3.45. The van der Waals surface area contributed by atoms with E-state index in [2.05, 4.69) is 12.2 Å². The first-order valence-corrected chi connectivity index (χ1v) is 7.13. The number of nitrogens with one attached hydrogen (secondary N) is 1. The molecule has 4 heteroatoms. The Morgan fingerprint density at radius 3 is 2.28 bits per heavy atom. The minimum absolute atomic E-state index is 0.287. The van der Waals surface area contributed by atoms with Crippen molar-refractivity contribution in [1.82, 2.24) is 5.32 Å². The second-order valence-corrected chi connectivity index (χ2v) is 5.08. The number of rotatable bonds is 12. The van der Waals surface area contributed by atoms with Gasteiger partial charge in [0, 0.05) is 13.2 Å². The standard InChI is InChI=1S/C14H30N2O2/c1-4-5-6-8-11-18-12-9-7-10-14(2,16-3)13(15)17/h16H,4-12H2,1-3H3,(H2,15,17). The second-order valence-electron chi connectivity index (χ2n) is 5.08. The zero-order valence-electron chi connectivity index (χ0n) is 12.3. The van der Waals surface area contributed by atoms with Crippen LogP contribution in [0.4, 0.5) is 0 Å². The molecule has 0 saturated carbocycles. The molecule has 0 saturated heterocycles. The first-order chi connectivity index (χ1) is 8.56. The quantitative estimate of drug-likeness (QED) is 0.528. The lowest BCUT2D eigenvalue weighted by atomic mass is 9.94. The molecule has 0 spiro atoms. The molecule has 0 bridgehead atoms. The molecule has 0 heterocycles. The van der Waals surface area contributed by atoms with Gasteiger partial charge in [-0.15, -0.1) is 0 Å². The molecule has 3 N–H and O–H groups in total. The molecular weight excluding hydrogens is 228 g/mol. The lowest BCUT2D eigenvalue weighted by molar-refractivity contribution is -0.123. The van der Waals surface area contributed by atoms with Crippen LogP contribution < -0.4 is 11.1 Å². The Labute approximate surface area is 112 Å². The van der Waals surface area contributed by atoms with Crippen LogP contribution in [0.3, 0.4) is 0 Å². The molecule has 18 heavy (non-hydrogen) atoms. The fourth-order valence-corrected chi connectivity index (χ4v) is 1.79. The molecule has 0 radical (unpaired) electrons. The molecule has 1 unspecified atom stereocenters. The van der Waals surface area contributed by atoms with E-state index in [0.29, 0.717) is 0 Å². The molecule has 1 amide bonds. The number of carbonyl (C=O) groups excluding carboxylic acids is 1. The number of amides is 1. The zero-order valence-corrected chi connectivity index (χ0v) is 12.3. The Morgan fingerprint density at radius 1 is 1.17 bits per heavy atom. The van der Waals surface area contributed by atoms with Crippen LogP contribution in [0.15, 0.2) is 0 Å². The van der Waals surface area contributed by atoms with E-state index in [1.165, 1.54) is 19.3 Å². The van der Waals surface area contributed by atoms with E-state index in [4.69, 9.17) is 10.5 Å². The van der Waals surface area contributed by atoms with Crippen molar-refractivity contribution in [3.05, 3.63) is 0 Å². The van der Waals surface area contributed by atoms with Gasteiger partial charge >= 0.3 is 0 Å². The Kier molecular flexibility index (Phi) is 9.98. The van der Waals surface area contributed by atoms with Crippen molar-refractivity contribution >= 4 is 5.91 Å². The summed E-state index contributed by atoms with van der Waals surface area (Å²) in [5.41, 5.74) is 4.78. The highest BCUT2D eigenvalue weighted by molar-refractivity contribution is 5.84. The number of likely N-dealkylation sites (N-methyl/N-ethyl adjacent to an activating group) is 1. The van der Waals surface area contributed by atoms with Gasteiger partial charge in [-0.3, -0.25) is 4.79 Å². The normalized spacial score (nSPS) is 14.4. The number of ether oxygens (including phenoxy) is 1. The van der Waals surface area contributed by atoms with E-state index in [9.17, 15) is 4.79 Å². The van der Waals surface area contributed by atoms with Crippen molar-refractivity contribution < 1.29 is 9.53 Å². The predicted octanol–water partition coefficient (Wildman–Crippen LogP) is 2.22. The van der Waals surface area contributed by atoms with Gasteiger partial charge in [0.05, 0.1) is 5.54 Å². The molecule has 4 nitrogen and oxygen atoms in total. The molecule has 1 atom stereocenters. The van der Waals surface area contributed by atoms with Crippen LogP contribution in [0.1, 0.15) is 58.8 Å². The van der Waals surface area contributed by atoms with Crippen molar-refractivity contribution in [2.24, 2.45) is 5.73 Å². The monoisotopic (exact) mass is 258 g/mol. The third-order valence-electron chi connectivity index (χ3n) is 3.45. The summed E-state index contributed by atoms with van der Waals surface area (Å²) in [5.74, 6) is -0.287. The minimum Gasteiger partial charge on any atom is -0.381 e. The maximum Gasteiger partial charge on any atom is 0.237 e. The summed E-state index contributed by atoms with van der Waals surface area (Å²) >= 11 is 0. The predicted molar refractivity (Wildman–Crippen MR) is 75.5 cm³/mol. The van der Waals surface area contributed by atoms with Crippen molar-refractivity contribution in [2.45, 2.75) is 64.3 Å². The number of unbranched alkanes of at least 4 members (excludes halogenated alkanes) is 4. The lowest BCUT2D eigenvalue weighted by Crippen LogP contribution is -2.51. The summed E-state index contributed by atoms with van der Waals surface area (Å²) in [6.07, 6.45) is 7.67. The first kappa shape index (κ1) is 17.4. The minimum atomic E-state index is -0.582. The maximum absolute atomic E-state index is 11.2. The second kappa shape index (κ2) is 10.3. The Bertz CT molecular complexity index is 222. The Hall–Kier alpha value is -0.610. The zero-order chi connectivity index (χ0) is 13.9. The molecule has 108 valence electrons. The van der Waals surface area contributed by atoms with Crippen LogP contribution >= 0.6 is 0 Å². The van der Waals surface area contributed by atoms with Gasteiger partial charge in [-0.1, -0.05) is 26.2 Å². The number of primary amides is 1. The lowest BCUT2D eigenvalue weighted by Gasteiger charge is -2.25. The summed E-state index contributed by atoms with van der Waals surface area (Å²) in [7, 11) is 1.77. The first-order valence-electron chi connectivity index (χ1n) is 7.13. The largest absolute Gasteiger partial charge is 0.381 e. The number of hydrogen-bond acceptors (Lipinski definition) is 3. The average molecular weight is 258 g/mol. The van der Waals surface area contributed by atoms with E-state index in [1.807, 2.05) is 6.92 Å². The molecule has 0 aromatic heterocycles. The van der Waals surface area contributed by atoms with E-state index < -0.39 is 5.54 Å². The van der Waals surface area contributed by atoms with Crippen LogP contribution in [0, 0.1) is 0 Å². The van der Waals surface area contributed by atoms with Gasteiger partial charge in [0.25, 0.3) is 0 Å². The SMILES string of the molecule is CCCCCCOCCCCC(C)(NC)C(N)=O. The van der Waals surface area contributed by atoms with Crippen molar-refractivity contribution in [3.63, 3.8) is 0 Å². The molecule has 0 aliphatic carbocycles. The summed E-state index contributed by atoms with van der Waals surface area (Å²) < 4.78 is 5.55.